The minimum Gasteiger partial charge on any atom is -0.375 e. The maximum atomic E-state index is 13.0. The molecule has 0 heterocycles. The fraction of sp³-hybridized carbons (Fsp3) is 0. The van der Waals surface area contributed by atoms with Crippen LogP contribution in [0.4, 0.5) is 8.78 Å². The third kappa shape index (κ3) is 2.74. The maximum absolute atomic E-state index is 13.0. The average Bonchev–Trinajstić information content (AvgIpc) is 2.09. The molecule has 0 aliphatic heterocycles. The van der Waals surface area contributed by atoms with Gasteiger partial charge in [0.1, 0.15) is 11.6 Å². The average molecular weight is 215 g/mol. The van der Waals surface area contributed by atoms with Gasteiger partial charge in [0.25, 0.3) is 0 Å². The second kappa shape index (κ2) is 4.61. The van der Waals surface area contributed by atoms with Gasteiger partial charge in [0.15, 0.2) is 5.11 Å². The Hall–Kier alpha value is -1.56. The molecular weight excluding hydrogens is 208 g/mol. The molecule has 1 aromatic rings. The van der Waals surface area contributed by atoms with Gasteiger partial charge >= 0.3 is 0 Å². The minimum atomic E-state index is -0.696. The molecule has 0 aromatic heterocycles. The van der Waals surface area contributed by atoms with Gasteiger partial charge in [0.05, 0.1) is 11.8 Å². The van der Waals surface area contributed by atoms with Crippen molar-refractivity contribution in [1.29, 1.82) is 0 Å². The third-order valence-electron chi connectivity index (χ3n) is 1.37. The Morgan fingerprint density at radius 1 is 1.43 bits per heavy atom. The van der Waals surface area contributed by atoms with E-state index in [1.807, 2.05) is 0 Å². The van der Waals surface area contributed by atoms with Crippen molar-refractivity contribution < 1.29 is 8.78 Å². The zero-order valence-electron chi connectivity index (χ0n) is 7.00. The number of nitrogens with two attached hydrogens (primary N) is 1. The molecule has 14 heavy (non-hydrogen) atoms. The number of nitrogens with zero attached hydrogens (tertiary/aromatic N) is 1. The highest BCUT2D eigenvalue weighted by atomic mass is 32.1. The van der Waals surface area contributed by atoms with Gasteiger partial charge in [-0.1, -0.05) is 6.07 Å². The van der Waals surface area contributed by atoms with Gasteiger partial charge in [0, 0.05) is 0 Å². The molecule has 0 radical (unpaired) electrons. The van der Waals surface area contributed by atoms with E-state index in [1.165, 1.54) is 6.07 Å². The first kappa shape index (κ1) is 10.5. The summed E-state index contributed by atoms with van der Waals surface area (Å²) in [4.78, 5) is 0. The van der Waals surface area contributed by atoms with E-state index in [9.17, 15) is 8.78 Å². The van der Waals surface area contributed by atoms with Crippen molar-refractivity contribution in [3.8, 4) is 0 Å². The number of halogens is 2. The number of benzene rings is 1. The lowest BCUT2D eigenvalue weighted by molar-refractivity contribution is 0.580. The van der Waals surface area contributed by atoms with E-state index in [0.717, 1.165) is 18.3 Å². The number of thiocarbonyl (C=S) groups is 1. The minimum absolute atomic E-state index is 0.0713. The molecule has 0 aliphatic carbocycles. The molecule has 1 rings (SSSR count). The topological polar surface area (TPSA) is 50.4 Å². The lowest BCUT2D eigenvalue weighted by Crippen LogP contribution is -2.24. The summed E-state index contributed by atoms with van der Waals surface area (Å²) >= 11 is 4.44. The van der Waals surface area contributed by atoms with Gasteiger partial charge in [-0.25, -0.2) is 8.78 Å². The highest BCUT2D eigenvalue weighted by Crippen LogP contribution is 2.08. The van der Waals surface area contributed by atoms with E-state index in [4.69, 9.17) is 5.73 Å². The van der Waals surface area contributed by atoms with Gasteiger partial charge in [-0.15, -0.1) is 0 Å². The van der Waals surface area contributed by atoms with Crippen molar-refractivity contribution in [2.45, 2.75) is 0 Å². The highest BCUT2D eigenvalue weighted by Gasteiger charge is 2.04. The van der Waals surface area contributed by atoms with Crippen LogP contribution in [0.25, 0.3) is 0 Å². The Morgan fingerprint density at radius 2 is 2.00 bits per heavy atom. The van der Waals surface area contributed by atoms with Gasteiger partial charge in [-0.05, 0) is 24.4 Å². The second-order valence-corrected chi connectivity index (χ2v) is 2.81. The summed E-state index contributed by atoms with van der Waals surface area (Å²) in [6.07, 6.45) is 0.976. The molecule has 0 unspecified atom stereocenters. The SMILES string of the molecule is NC(=S)NN=Cc1c(F)cccc1F. The van der Waals surface area contributed by atoms with Crippen molar-refractivity contribution in [3.05, 3.63) is 35.4 Å². The molecule has 74 valence electrons. The van der Waals surface area contributed by atoms with Crippen LogP contribution in [0.15, 0.2) is 23.3 Å². The molecule has 0 aliphatic rings. The Kier molecular flexibility index (Phi) is 3.47. The van der Waals surface area contributed by atoms with E-state index in [-0.39, 0.29) is 10.7 Å². The standard InChI is InChI=1S/C8H7F2N3S/c9-6-2-1-3-7(10)5(6)4-12-13-8(11)14/h1-4H,(H3,11,13,14). The highest BCUT2D eigenvalue weighted by molar-refractivity contribution is 7.80. The van der Waals surface area contributed by atoms with Crippen LogP contribution in [0.5, 0.6) is 0 Å². The van der Waals surface area contributed by atoms with Crippen LogP contribution in [0.3, 0.4) is 0 Å². The second-order valence-electron chi connectivity index (χ2n) is 2.37. The smallest absolute Gasteiger partial charge is 0.184 e. The lowest BCUT2D eigenvalue weighted by Gasteiger charge is -1.98. The number of rotatable bonds is 2. The zero-order valence-corrected chi connectivity index (χ0v) is 7.81. The first-order valence-corrected chi connectivity index (χ1v) is 4.04. The molecule has 0 amide bonds. The van der Waals surface area contributed by atoms with Crippen LogP contribution in [-0.2, 0) is 0 Å². The van der Waals surface area contributed by atoms with E-state index in [0.29, 0.717) is 0 Å². The van der Waals surface area contributed by atoms with Crippen LogP contribution in [0, 0.1) is 11.6 Å². The van der Waals surface area contributed by atoms with Crippen molar-refractivity contribution >= 4 is 23.5 Å². The Labute approximate surface area is 84.6 Å². The van der Waals surface area contributed by atoms with Crippen molar-refractivity contribution in [2.24, 2.45) is 10.8 Å². The Balaban J connectivity index is 2.85. The van der Waals surface area contributed by atoms with Gasteiger partial charge < -0.3 is 5.73 Å². The van der Waals surface area contributed by atoms with Crippen LogP contribution >= 0.6 is 12.2 Å². The zero-order chi connectivity index (χ0) is 10.6. The Morgan fingerprint density at radius 3 is 2.50 bits per heavy atom. The van der Waals surface area contributed by atoms with Crippen LogP contribution in [0.1, 0.15) is 5.56 Å². The Bertz CT molecular complexity index is 359. The summed E-state index contributed by atoms with van der Waals surface area (Å²) in [6.45, 7) is 0. The molecule has 6 heteroatoms. The molecule has 0 saturated carbocycles. The van der Waals surface area contributed by atoms with Crippen molar-refractivity contribution in [3.63, 3.8) is 0 Å². The monoisotopic (exact) mass is 215 g/mol. The van der Waals surface area contributed by atoms with E-state index in [1.54, 1.807) is 0 Å². The molecule has 3 N–H and O–H groups in total. The molecule has 0 saturated heterocycles. The maximum Gasteiger partial charge on any atom is 0.184 e. The summed E-state index contributed by atoms with van der Waals surface area (Å²) < 4.78 is 25.9. The fourth-order valence-corrected chi connectivity index (χ4v) is 0.847. The summed E-state index contributed by atoms with van der Waals surface area (Å²) in [5.74, 6) is -1.39. The summed E-state index contributed by atoms with van der Waals surface area (Å²) in [6, 6.07) is 3.53. The van der Waals surface area contributed by atoms with E-state index >= 15 is 0 Å². The van der Waals surface area contributed by atoms with Crippen LogP contribution in [0.2, 0.25) is 0 Å². The van der Waals surface area contributed by atoms with Crippen LogP contribution < -0.4 is 11.2 Å². The van der Waals surface area contributed by atoms with Gasteiger partial charge in [-0.3, -0.25) is 5.43 Å². The van der Waals surface area contributed by atoms with Gasteiger partial charge in [0.2, 0.25) is 0 Å². The summed E-state index contributed by atoms with van der Waals surface area (Å²) in [5.41, 5.74) is 7.01. The molecule has 0 spiro atoms. The number of hydrazone groups is 1. The molecule has 0 bridgehead atoms. The first-order valence-electron chi connectivity index (χ1n) is 3.64. The summed E-state index contributed by atoms with van der Waals surface area (Å²) in [5, 5.41) is 3.37. The quantitative estimate of drug-likeness (QED) is 0.442. The molecule has 0 atom stereocenters. The molecule has 3 nitrogen and oxygen atoms in total. The first-order chi connectivity index (χ1) is 6.61. The number of nitrogens with one attached hydrogen (secondary N) is 1. The molecular formula is C8H7F2N3S. The van der Waals surface area contributed by atoms with Crippen molar-refractivity contribution in [2.75, 3.05) is 0 Å². The normalized spacial score (nSPS) is 10.4. The number of hydrogen-bond acceptors (Lipinski definition) is 2. The van der Waals surface area contributed by atoms with E-state index < -0.39 is 11.6 Å². The molecule has 1 aromatic carbocycles. The van der Waals surface area contributed by atoms with Crippen molar-refractivity contribution in [1.82, 2.24) is 5.43 Å². The van der Waals surface area contributed by atoms with E-state index in [2.05, 4.69) is 22.7 Å². The molecule has 0 fully saturated rings. The number of hydrogen-bond donors (Lipinski definition) is 2. The largest absolute Gasteiger partial charge is 0.375 e. The summed E-state index contributed by atoms with van der Waals surface area (Å²) in [7, 11) is 0. The third-order valence-corrected chi connectivity index (χ3v) is 1.46. The fourth-order valence-electron chi connectivity index (χ4n) is 0.794. The van der Waals surface area contributed by atoms with Gasteiger partial charge in [-0.2, -0.15) is 5.10 Å². The lowest BCUT2D eigenvalue weighted by atomic mass is 10.2. The predicted molar refractivity (Wildman–Crippen MR) is 53.9 cm³/mol. The predicted octanol–water partition coefficient (Wildman–Crippen LogP) is 1.13. The van der Waals surface area contributed by atoms with Crippen LogP contribution in [-0.4, -0.2) is 11.3 Å².